The van der Waals surface area contributed by atoms with Gasteiger partial charge in [0.1, 0.15) is 5.75 Å². The van der Waals surface area contributed by atoms with E-state index in [0.717, 1.165) is 0 Å². The van der Waals surface area contributed by atoms with Gasteiger partial charge in [0, 0.05) is 0 Å². The summed E-state index contributed by atoms with van der Waals surface area (Å²) in [4.78, 5) is 10.3. The molecule has 1 aromatic carbocycles. The molecule has 3 N–H and O–H groups in total. The first-order valence-corrected chi connectivity index (χ1v) is 4.97. The van der Waals surface area contributed by atoms with Gasteiger partial charge in [-0.3, -0.25) is 0 Å². The van der Waals surface area contributed by atoms with E-state index in [1.165, 1.54) is 16.9 Å². The standard InChI is InChI=1S/C7H8N2O4S/c8-7(10)9-14(11,12)13-6-4-2-1-3-5-6/h1-5H,(H3,8,9,10). The first-order chi connectivity index (χ1) is 6.49. The molecule has 14 heavy (non-hydrogen) atoms. The van der Waals surface area contributed by atoms with Crippen molar-refractivity contribution in [1.82, 2.24) is 4.72 Å². The highest BCUT2D eigenvalue weighted by atomic mass is 32.2. The van der Waals surface area contributed by atoms with Gasteiger partial charge in [0.15, 0.2) is 0 Å². The number of carbonyl (C=O) groups is 1. The van der Waals surface area contributed by atoms with E-state index < -0.39 is 16.3 Å². The van der Waals surface area contributed by atoms with Crippen LogP contribution in [0.1, 0.15) is 0 Å². The molecule has 0 aliphatic heterocycles. The lowest BCUT2D eigenvalue weighted by molar-refractivity contribution is 0.253. The van der Waals surface area contributed by atoms with E-state index in [9.17, 15) is 13.2 Å². The van der Waals surface area contributed by atoms with E-state index in [1.807, 2.05) is 0 Å². The summed E-state index contributed by atoms with van der Waals surface area (Å²) in [6.07, 6.45) is 0. The molecule has 2 amide bonds. The summed E-state index contributed by atoms with van der Waals surface area (Å²) in [6, 6.07) is 6.55. The quantitative estimate of drug-likeness (QED) is 0.741. The Kier molecular flexibility index (Phi) is 2.92. The summed E-state index contributed by atoms with van der Waals surface area (Å²) in [6.45, 7) is 0. The number of para-hydroxylation sites is 1. The smallest absolute Gasteiger partial charge is 0.367 e. The molecule has 0 bridgehead atoms. The highest BCUT2D eigenvalue weighted by molar-refractivity contribution is 7.85. The lowest BCUT2D eigenvalue weighted by atomic mass is 10.3. The summed E-state index contributed by atoms with van der Waals surface area (Å²) in [5.41, 5.74) is 4.62. The van der Waals surface area contributed by atoms with Crippen molar-refractivity contribution in [1.29, 1.82) is 0 Å². The van der Waals surface area contributed by atoms with Crippen LogP contribution in [-0.2, 0) is 10.3 Å². The minimum atomic E-state index is -4.16. The van der Waals surface area contributed by atoms with Crippen LogP contribution in [0.3, 0.4) is 0 Å². The fourth-order valence-electron chi connectivity index (χ4n) is 0.747. The summed E-state index contributed by atoms with van der Waals surface area (Å²) >= 11 is 0. The zero-order valence-electron chi connectivity index (χ0n) is 7.01. The maximum atomic E-state index is 11.0. The van der Waals surface area contributed by atoms with Crippen LogP contribution < -0.4 is 14.6 Å². The zero-order chi connectivity index (χ0) is 10.6. The molecule has 0 aliphatic carbocycles. The monoisotopic (exact) mass is 216 g/mol. The van der Waals surface area contributed by atoms with Gasteiger partial charge in [0.05, 0.1) is 0 Å². The van der Waals surface area contributed by atoms with Crippen molar-refractivity contribution in [2.45, 2.75) is 0 Å². The van der Waals surface area contributed by atoms with Gasteiger partial charge in [-0.15, -0.1) is 0 Å². The number of nitrogens with one attached hydrogen (secondary N) is 1. The fraction of sp³-hybridized carbons (Fsp3) is 0. The summed E-state index contributed by atoms with van der Waals surface area (Å²) in [5, 5.41) is 0. The second-order valence-corrected chi connectivity index (χ2v) is 3.60. The van der Waals surface area contributed by atoms with Crippen LogP contribution in [0.2, 0.25) is 0 Å². The Morgan fingerprint density at radius 1 is 1.29 bits per heavy atom. The number of amides is 2. The van der Waals surface area contributed by atoms with Gasteiger partial charge >= 0.3 is 16.3 Å². The van der Waals surface area contributed by atoms with E-state index >= 15 is 0 Å². The molecule has 0 radical (unpaired) electrons. The number of carbonyl (C=O) groups excluding carboxylic acids is 1. The van der Waals surface area contributed by atoms with Crippen molar-refractivity contribution in [2.24, 2.45) is 5.73 Å². The highest BCUT2D eigenvalue weighted by Gasteiger charge is 2.13. The van der Waals surface area contributed by atoms with Crippen LogP contribution in [-0.4, -0.2) is 14.4 Å². The molecule has 0 saturated heterocycles. The topological polar surface area (TPSA) is 98.5 Å². The van der Waals surface area contributed by atoms with Crippen molar-refractivity contribution in [3.63, 3.8) is 0 Å². The van der Waals surface area contributed by atoms with Gasteiger partial charge in [-0.25, -0.2) is 9.52 Å². The normalized spacial score (nSPS) is 10.6. The predicted octanol–water partition coefficient (Wildman–Crippen LogP) is -0.0215. The number of hydrogen-bond acceptors (Lipinski definition) is 4. The van der Waals surface area contributed by atoms with Gasteiger partial charge in [-0.2, -0.15) is 8.42 Å². The molecule has 76 valence electrons. The number of hydrogen-bond donors (Lipinski definition) is 2. The number of primary amides is 1. The Bertz CT molecular complexity index is 415. The third-order valence-corrected chi connectivity index (χ3v) is 2.04. The summed E-state index contributed by atoms with van der Waals surface area (Å²) < 4.78 is 27.9. The molecular weight excluding hydrogens is 208 g/mol. The minimum Gasteiger partial charge on any atom is -0.367 e. The Morgan fingerprint density at radius 2 is 1.86 bits per heavy atom. The van der Waals surface area contributed by atoms with Gasteiger partial charge in [0.2, 0.25) is 0 Å². The van der Waals surface area contributed by atoms with E-state index in [-0.39, 0.29) is 5.75 Å². The minimum absolute atomic E-state index is 0.0984. The zero-order valence-corrected chi connectivity index (χ0v) is 7.82. The Morgan fingerprint density at radius 3 is 2.36 bits per heavy atom. The average Bonchev–Trinajstić information content (AvgIpc) is 2.02. The first kappa shape index (κ1) is 10.3. The molecule has 0 heterocycles. The molecule has 6 nitrogen and oxygen atoms in total. The predicted molar refractivity (Wildman–Crippen MR) is 48.7 cm³/mol. The molecule has 0 aromatic heterocycles. The molecule has 0 fully saturated rings. The SMILES string of the molecule is NC(=O)NS(=O)(=O)Oc1ccccc1. The maximum absolute atomic E-state index is 11.0. The maximum Gasteiger partial charge on any atom is 0.411 e. The van der Waals surface area contributed by atoms with Gasteiger partial charge in [0.25, 0.3) is 0 Å². The van der Waals surface area contributed by atoms with Crippen molar-refractivity contribution in [3.05, 3.63) is 30.3 Å². The lowest BCUT2D eigenvalue weighted by Gasteiger charge is -2.05. The average molecular weight is 216 g/mol. The van der Waals surface area contributed by atoms with Crippen LogP contribution >= 0.6 is 0 Å². The molecule has 7 heteroatoms. The summed E-state index contributed by atoms with van der Waals surface area (Å²) in [7, 11) is -4.16. The first-order valence-electron chi connectivity index (χ1n) is 3.56. The number of benzene rings is 1. The van der Waals surface area contributed by atoms with E-state index in [0.29, 0.717) is 0 Å². The molecular formula is C7H8N2O4S. The largest absolute Gasteiger partial charge is 0.411 e. The second kappa shape index (κ2) is 3.97. The van der Waals surface area contributed by atoms with Gasteiger partial charge < -0.3 is 9.92 Å². The molecule has 0 aliphatic rings. The Balaban J connectivity index is 2.74. The van der Waals surface area contributed by atoms with Crippen molar-refractivity contribution in [3.8, 4) is 5.75 Å². The van der Waals surface area contributed by atoms with Crippen LogP contribution in [0.15, 0.2) is 30.3 Å². The van der Waals surface area contributed by atoms with Crippen LogP contribution in [0.4, 0.5) is 4.79 Å². The number of nitrogens with two attached hydrogens (primary N) is 1. The van der Waals surface area contributed by atoms with Crippen molar-refractivity contribution in [2.75, 3.05) is 0 Å². The molecule has 0 spiro atoms. The number of rotatable bonds is 3. The molecule has 0 unspecified atom stereocenters. The molecule has 1 rings (SSSR count). The van der Waals surface area contributed by atoms with E-state index in [1.54, 1.807) is 18.2 Å². The van der Waals surface area contributed by atoms with Crippen LogP contribution in [0.25, 0.3) is 0 Å². The van der Waals surface area contributed by atoms with E-state index in [4.69, 9.17) is 0 Å². The molecule has 0 atom stereocenters. The van der Waals surface area contributed by atoms with Crippen LogP contribution in [0, 0.1) is 0 Å². The third-order valence-electron chi connectivity index (χ3n) is 1.17. The van der Waals surface area contributed by atoms with Crippen molar-refractivity contribution >= 4 is 16.3 Å². The fourth-order valence-corrected chi connectivity index (χ4v) is 1.40. The van der Waals surface area contributed by atoms with Gasteiger partial charge in [-0.05, 0) is 12.1 Å². The van der Waals surface area contributed by atoms with Crippen molar-refractivity contribution < 1.29 is 17.4 Å². The Hall–Kier alpha value is -1.76. The van der Waals surface area contributed by atoms with E-state index in [2.05, 4.69) is 9.92 Å². The molecule has 0 saturated carbocycles. The number of urea groups is 1. The lowest BCUT2D eigenvalue weighted by Crippen LogP contribution is -2.37. The third kappa shape index (κ3) is 3.31. The van der Waals surface area contributed by atoms with Crippen LogP contribution in [0.5, 0.6) is 5.75 Å². The Labute approximate surface area is 80.9 Å². The highest BCUT2D eigenvalue weighted by Crippen LogP contribution is 2.10. The molecule has 1 aromatic rings. The summed E-state index contributed by atoms with van der Waals surface area (Å²) in [5.74, 6) is 0.0984. The van der Waals surface area contributed by atoms with Gasteiger partial charge in [-0.1, -0.05) is 18.2 Å². The second-order valence-electron chi connectivity index (χ2n) is 2.32.